The van der Waals surface area contributed by atoms with Crippen LogP contribution in [0.2, 0.25) is 0 Å². The lowest BCUT2D eigenvalue weighted by molar-refractivity contribution is -0.122. The molecular formula is C21H30N4O2S. The number of ether oxygens (including phenoxy) is 1. The molecule has 0 aliphatic heterocycles. The lowest BCUT2D eigenvalue weighted by Gasteiger charge is -2.25. The Hall–Kier alpha value is -2.54. The molecule has 2 aromatic rings. The van der Waals surface area contributed by atoms with Crippen LogP contribution in [0.5, 0.6) is 5.75 Å². The summed E-state index contributed by atoms with van der Waals surface area (Å²) in [7, 11) is 1.76. The first-order valence-electron chi connectivity index (χ1n) is 9.41. The van der Waals surface area contributed by atoms with Gasteiger partial charge in [-0.1, -0.05) is 32.0 Å². The van der Waals surface area contributed by atoms with E-state index in [4.69, 9.17) is 4.74 Å². The molecule has 0 saturated heterocycles. The predicted octanol–water partition coefficient (Wildman–Crippen LogP) is 2.91. The molecule has 1 aromatic carbocycles. The van der Waals surface area contributed by atoms with Crippen LogP contribution in [0.4, 0.5) is 0 Å². The van der Waals surface area contributed by atoms with Gasteiger partial charge in [-0.15, -0.1) is 11.3 Å². The SMILES string of the molecule is CCNC(=O)COc1cccc(CNC(=NC)NCC(C)(C)c2cccs2)c1. The lowest BCUT2D eigenvalue weighted by Crippen LogP contribution is -2.42. The summed E-state index contributed by atoms with van der Waals surface area (Å²) in [6.45, 7) is 8.32. The van der Waals surface area contributed by atoms with Crippen molar-refractivity contribution in [3.05, 3.63) is 52.2 Å². The van der Waals surface area contributed by atoms with Crippen molar-refractivity contribution >= 4 is 23.2 Å². The summed E-state index contributed by atoms with van der Waals surface area (Å²) in [5.41, 5.74) is 1.08. The van der Waals surface area contributed by atoms with Crippen LogP contribution in [-0.4, -0.2) is 38.6 Å². The fraction of sp³-hybridized carbons (Fsp3) is 0.429. The zero-order valence-corrected chi connectivity index (χ0v) is 17.9. The molecule has 7 heteroatoms. The van der Waals surface area contributed by atoms with Gasteiger partial charge in [-0.3, -0.25) is 9.79 Å². The zero-order valence-electron chi connectivity index (χ0n) is 17.0. The second-order valence-corrected chi connectivity index (χ2v) is 7.98. The minimum absolute atomic E-state index is 0.0196. The normalized spacial score (nSPS) is 11.8. The van der Waals surface area contributed by atoms with Gasteiger partial charge in [-0.2, -0.15) is 0 Å². The summed E-state index contributed by atoms with van der Waals surface area (Å²) in [6, 6.07) is 11.9. The van der Waals surface area contributed by atoms with Gasteiger partial charge >= 0.3 is 0 Å². The number of aliphatic imine (C=N–C) groups is 1. The number of hydrogen-bond acceptors (Lipinski definition) is 4. The highest BCUT2D eigenvalue weighted by molar-refractivity contribution is 7.10. The number of nitrogens with zero attached hydrogens (tertiary/aromatic N) is 1. The van der Waals surface area contributed by atoms with Gasteiger partial charge in [0, 0.05) is 37.0 Å². The fourth-order valence-electron chi connectivity index (χ4n) is 2.60. The van der Waals surface area contributed by atoms with Crippen molar-refractivity contribution in [3.63, 3.8) is 0 Å². The number of carbonyl (C=O) groups excluding carboxylic acids is 1. The van der Waals surface area contributed by atoms with Crippen LogP contribution >= 0.6 is 11.3 Å². The van der Waals surface area contributed by atoms with E-state index in [1.807, 2.05) is 31.2 Å². The third kappa shape index (κ3) is 6.88. The lowest BCUT2D eigenvalue weighted by atomic mass is 9.91. The van der Waals surface area contributed by atoms with Gasteiger partial charge < -0.3 is 20.7 Å². The van der Waals surface area contributed by atoms with Gasteiger partial charge in [0.2, 0.25) is 0 Å². The second kappa shape index (κ2) is 10.7. The molecule has 28 heavy (non-hydrogen) atoms. The molecule has 1 heterocycles. The van der Waals surface area contributed by atoms with E-state index in [2.05, 4.69) is 52.3 Å². The fourth-order valence-corrected chi connectivity index (χ4v) is 3.46. The summed E-state index contributed by atoms with van der Waals surface area (Å²) < 4.78 is 5.54. The maximum atomic E-state index is 11.5. The smallest absolute Gasteiger partial charge is 0.257 e. The molecule has 0 bridgehead atoms. The molecule has 0 radical (unpaired) electrons. The Morgan fingerprint density at radius 3 is 2.68 bits per heavy atom. The predicted molar refractivity (Wildman–Crippen MR) is 116 cm³/mol. The Balaban J connectivity index is 1.84. The van der Waals surface area contributed by atoms with Crippen LogP contribution in [0.25, 0.3) is 0 Å². The summed E-state index contributed by atoms with van der Waals surface area (Å²) in [5, 5.41) is 11.5. The van der Waals surface area contributed by atoms with E-state index in [1.54, 1.807) is 18.4 Å². The van der Waals surface area contributed by atoms with Gasteiger partial charge in [-0.05, 0) is 36.1 Å². The second-order valence-electron chi connectivity index (χ2n) is 7.03. The average Bonchev–Trinajstić information content (AvgIpc) is 3.23. The Morgan fingerprint density at radius 1 is 1.18 bits per heavy atom. The van der Waals surface area contributed by atoms with E-state index in [0.717, 1.165) is 18.1 Å². The van der Waals surface area contributed by atoms with Crippen molar-refractivity contribution in [3.8, 4) is 5.75 Å². The van der Waals surface area contributed by atoms with Crippen molar-refractivity contribution in [1.29, 1.82) is 0 Å². The molecule has 0 spiro atoms. The molecule has 1 aromatic heterocycles. The number of guanidine groups is 1. The van der Waals surface area contributed by atoms with Crippen LogP contribution in [-0.2, 0) is 16.8 Å². The van der Waals surface area contributed by atoms with Crippen molar-refractivity contribution in [2.24, 2.45) is 4.99 Å². The van der Waals surface area contributed by atoms with Crippen molar-refractivity contribution in [2.75, 3.05) is 26.7 Å². The van der Waals surface area contributed by atoms with Gasteiger partial charge in [-0.25, -0.2) is 0 Å². The standard InChI is InChI=1S/C21H30N4O2S/c1-5-23-19(26)14-27-17-9-6-8-16(12-17)13-24-20(22-4)25-15-21(2,3)18-10-7-11-28-18/h6-12H,5,13-15H2,1-4H3,(H,23,26)(H2,22,24,25). The average molecular weight is 403 g/mol. The molecule has 0 fully saturated rings. The highest BCUT2D eigenvalue weighted by Gasteiger charge is 2.21. The first-order chi connectivity index (χ1) is 13.4. The molecule has 2 rings (SSSR count). The van der Waals surface area contributed by atoms with E-state index in [1.165, 1.54) is 4.88 Å². The monoisotopic (exact) mass is 402 g/mol. The maximum Gasteiger partial charge on any atom is 0.257 e. The van der Waals surface area contributed by atoms with Crippen LogP contribution in [0, 0.1) is 0 Å². The van der Waals surface area contributed by atoms with Crippen LogP contribution < -0.4 is 20.7 Å². The van der Waals surface area contributed by atoms with E-state index in [0.29, 0.717) is 18.8 Å². The zero-order chi connectivity index (χ0) is 20.4. The van der Waals surface area contributed by atoms with Crippen molar-refractivity contribution in [1.82, 2.24) is 16.0 Å². The third-order valence-corrected chi connectivity index (χ3v) is 5.45. The summed E-state index contributed by atoms with van der Waals surface area (Å²) >= 11 is 1.77. The first kappa shape index (κ1) is 21.8. The van der Waals surface area contributed by atoms with Gasteiger partial charge in [0.05, 0.1) is 0 Å². The summed E-state index contributed by atoms with van der Waals surface area (Å²) in [5.74, 6) is 1.30. The summed E-state index contributed by atoms with van der Waals surface area (Å²) in [6.07, 6.45) is 0. The maximum absolute atomic E-state index is 11.5. The minimum atomic E-state index is -0.121. The number of hydrogen-bond donors (Lipinski definition) is 3. The number of benzene rings is 1. The molecular weight excluding hydrogens is 372 g/mol. The van der Waals surface area contributed by atoms with E-state index in [9.17, 15) is 4.79 Å². The van der Waals surface area contributed by atoms with Crippen molar-refractivity contribution in [2.45, 2.75) is 32.7 Å². The van der Waals surface area contributed by atoms with Gasteiger partial charge in [0.1, 0.15) is 5.75 Å². The molecule has 1 amide bonds. The molecule has 3 N–H and O–H groups in total. The third-order valence-electron chi connectivity index (χ3n) is 4.21. The van der Waals surface area contributed by atoms with Crippen LogP contribution in [0.15, 0.2) is 46.8 Å². The molecule has 6 nitrogen and oxygen atoms in total. The van der Waals surface area contributed by atoms with Gasteiger partial charge in [0.25, 0.3) is 5.91 Å². The van der Waals surface area contributed by atoms with E-state index >= 15 is 0 Å². The topological polar surface area (TPSA) is 74.8 Å². The Morgan fingerprint density at radius 2 is 2.00 bits per heavy atom. The number of carbonyl (C=O) groups is 1. The van der Waals surface area contributed by atoms with E-state index < -0.39 is 0 Å². The summed E-state index contributed by atoms with van der Waals surface area (Å²) in [4.78, 5) is 17.2. The number of nitrogens with one attached hydrogen (secondary N) is 3. The Bertz CT molecular complexity index is 772. The molecule has 0 aliphatic rings. The highest BCUT2D eigenvalue weighted by atomic mass is 32.1. The van der Waals surface area contributed by atoms with Crippen LogP contribution in [0.3, 0.4) is 0 Å². The molecule has 152 valence electrons. The number of rotatable bonds is 9. The Kier molecular flexibility index (Phi) is 8.32. The molecule has 0 atom stereocenters. The Labute approximate surface area is 171 Å². The largest absolute Gasteiger partial charge is 0.484 e. The molecule has 0 unspecified atom stereocenters. The highest BCUT2D eigenvalue weighted by Crippen LogP contribution is 2.26. The van der Waals surface area contributed by atoms with Gasteiger partial charge in [0.15, 0.2) is 12.6 Å². The number of amides is 1. The van der Waals surface area contributed by atoms with Crippen LogP contribution in [0.1, 0.15) is 31.2 Å². The van der Waals surface area contributed by atoms with Crippen molar-refractivity contribution < 1.29 is 9.53 Å². The minimum Gasteiger partial charge on any atom is -0.484 e. The van der Waals surface area contributed by atoms with E-state index in [-0.39, 0.29) is 17.9 Å². The molecule has 0 aliphatic carbocycles. The molecule has 0 saturated carbocycles. The first-order valence-corrected chi connectivity index (χ1v) is 10.3. The number of likely N-dealkylation sites (N-methyl/N-ethyl adjacent to an activating group) is 1. The quantitative estimate of drug-likeness (QED) is 0.445. The number of thiophene rings is 1.